The topological polar surface area (TPSA) is 37.2 Å². The fraction of sp³-hybridized carbons (Fsp3) is 0.333. The standard InChI is InChI=1S/C15H20N2O/c1-2-17-9-3-4-15(17)11-16-10-13-5-7-14(12-18)8-6-13/h3-9,16,18H,2,10-12H2,1H3. The molecule has 0 spiro atoms. The highest BCUT2D eigenvalue weighted by molar-refractivity contribution is 5.21. The summed E-state index contributed by atoms with van der Waals surface area (Å²) in [4.78, 5) is 0. The highest BCUT2D eigenvalue weighted by atomic mass is 16.3. The van der Waals surface area contributed by atoms with Crippen molar-refractivity contribution in [3.8, 4) is 0 Å². The van der Waals surface area contributed by atoms with Gasteiger partial charge in [0.05, 0.1) is 6.61 Å². The van der Waals surface area contributed by atoms with Crippen molar-refractivity contribution in [2.24, 2.45) is 0 Å². The number of benzene rings is 1. The summed E-state index contributed by atoms with van der Waals surface area (Å²) in [5.74, 6) is 0. The molecule has 3 nitrogen and oxygen atoms in total. The molecule has 96 valence electrons. The Hall–Kier alpha value is -1.58. The van der Waals surface area contributed by atoms with Crippen LogP contribution in [0.2, 0.25) is 0 Å². The Labute approximate surface area is 108 Å². The molecule has 2 rings (SSSR count). The Morgan fingerprint density at radius 3 is 2.44 bits per heavy atom. The molecule has 1 aromatic carbocycles. The van der Waals surface area contributed by atoms with Crippen LogP contribution in [-0.2, 0) is 26.2 Å². The lowest BCUT2D eigenvalue weighted by Crippen LogP contribution is -2.15. The molecule has 0 unspecified atom stereocenters. The summed E-state index contributed by atoms with van der Waals surface area (Å²) in [7, 11) is 0. The first kappa shape index (κ1) is 12.9. The van der Waals surface area contributed by atoms with E-state index in [0.29, 0.717) is 0 Å². The number of aryl methyl sites for hydroxylation is 1. The van der Waals surface area contributed by atoms with Crippen LogP contribution in [0.1, 0.15) is 23.7 Å². The van der Waals surface area contributed by atoms with Crippen molar-refractivity contribution < 1.29 is 5.11 Å². The molecule has 0 radical (unpaired) electrons. The molecular weight excluding hydrogens is 224 g/mol. The molecule has 0 atom stereocenters. The molecule has 2 aromatic rings. The molecule has 1 heterocycles. The van der Waals surface area contributed by atoms with Gasteiger partial charge in [0, 0.05) is 31.5 Å². The minimum atomic E-state index is 0.109. The molecule has 1 aromatic heterocycles. The van der Waals surface area contributed by atoms with Crippen LogP contribution in [-0.4, -0.2) is 9.67 Å². The third kappa shape index (κ3) is 3.22. The molecule has 0 saturated heterocycles. The highest BCUT2D eigenvalue weighted by Crippen LogP contribution is 2.05. The molecule has 0 aliphatic carbocycles. The second-order valence-electron chi connectivity index (χ2n) is 4.36. The van der Waals surface area contributed by atoms with Crippen molar-refractivity contribution in [2.75, 3.05) is 0 Å². The first-order valence-electron chi connectivity index (χ1n) is 6.37. The van der Waals surface area contributed by atoms with E-state index in [0.717, 1.165) is 25.2 Å². The summed E-state index contributed by atoms with van der Waals surface area (Å²) >= 11 is 0. The van der Waals surface area contributed by atoms with Crippen molar-refractivity contribution in [2.45, 2.75) is 33.2 Å². The van der Waals surface area contributed by atoms with Gasteiger partial charge < -0.3 is 15.0 Å². The van der Waals surface area contributed by atoms with Gasteiger partial charge in [0.1, 0.15) is 0 Å². The molecule has 0 amide bonds. The van der Waals surface area contributed by atoms with Gasteiger partial charge in [0.25, 0.3) is 0 Å². The Kier molecular flexibility index (Phi) is 4.56. The molecule has 0 fully saturated rings. The van der Waals surface area contributed by atoms with Crippen molar-refractivity contribution >= 4 is 0 Å². The van der Waals surface area contributed by atoms with E-state index in [1.165, 1.54) is 11.3 Å². The lowest BCUT2D eigenvalue weighted by Gasteiger charge is -2.08. The normalized spacial score (nSPS) is 10.8. The minimum absolute atomic E-state index is 0.109. The lowest BCUT2D eigenvalue weighted by molar-refractivity contribution is 0.282. The molecule has 18 heavy (non-hydrogen) atoms. The van der Waals surface area contributed by atoms with Crippen LogP contribution in [0, 0.1) is 0 Å². The average molecular weight is 244 g/mol. The first-order valence-corrected chi connectivity index (χ1v) is 6.37. The van der Waals surface area contributed by atoms with Crippen LogP contribution in [0.5, 0.6) is 0 Å². The smallest absolute Gasteiger partial charge is 0.0681 e. The van der Waals surface area contributed by atoms with Crippen LogP contribution in [0.3, 0.4) is 0 Å². The maximum absolute atomic E-state index is 8.97. The maximum Gasteiger partial charge on any atom is 0.0681 e. The molecular formula is C15H20N2O. The number of aliphatic hydroxyl groups is 1. The third-order valence-corrected chi connectivity index (χ3v) is 3.11. The number of nitrogens with one attached hydrogen (secondary N) is 1. The van der Waals surface area contributed by atoms with E-state index in [9.17, 15) is 0 Å². The largest absolute Gasteiger partial charge is 0.392 e. The Bertz CT molecular complexity index is 473. The fourth-order valence-corrected chi connectivity index (χ4v) is 2.02. The van der Waals surface area contributed by atoms with Crippen molar-refractivity contribution in [1.82, 2.24) is 9.88 Å². The van der Waals surface area contributed by atoms with Gasteiger partial charge in [-0.25, -0.2) is 0 Å². The van der Waals surface area contributed by atoms with E-state index >= 15 is 0 Å². The van der Waals surface area contributed by atoms with Crippen LogP contribution < -0.4 is 5.32 Å². The van der Waals surface area contributed by atoms with E-state index in [1.54, 1.807) is 0 Å². The quantitative estimate of drug-likeness (QED) is 0.818. The molecule has 3 heteroatoms. The SMILES string of the molecule is CCn1cccc1CNCc1ccc(CO)cc1. The zero-order valence-corrected chi connectivity index (χ0v) is 10.8. The van der Waals surface area contributed by atoms with Gasteiger partial charge in [-0.15, -0.1) is 0 Å². The van der Waals surface area contributed by atoms with Gasteiger partial charge in [-0.2, -0.15) is 0 Å². The third-order valence-electron chi connectivity index (χ3n) is 3.11. The zero-order chi connectivity index (χ0) is 12.8. The lowest BCUT2D eigenvalue weighted by atomic mass is 10.1. The van der Waals surface area contributed by atoms with Gasteiger partial charge >= 0.3 is 0 Å². The Morgan fingerprint density at radius 2 is 1.78 bits per heavy atom. The summed E-state index contributed by atoms with van der Waals surface area (Å²) in [6, 6.07) is 12.3. The minimum Gasteiger partial charge on any atom is -0.392 e. The van der Waals surface area contributed by atoms with Crippen LogP contribution in [0.4, 0.5) is 0 Å². The summed E-state index contributed by atoms with van der Waals surface area (Å²) in [6.07, 6.45) is 2.10. The van der Waals surface area contributed by atoms with E-state index in [2.05, 4.69) is 47.3 Å². The van der Waals surface area contributed by atoms with Crippen molar-refractivity contribution in [1.29, 1.82) is 0 Å². The van der Waals surface area contributed by atoms with Crippen LogP contribution in [0.25, 0.3) is 0 Å². The first-order chi connectivity index (χ1) is 8.83. The average Bonchev–Trinajstić information content (AvgIpc) is 2.87. The maximum atomic E-state index is 8.97. The van der Waals surface area contributed by atoms with Gasteiger partial charge in [-0.05, 0) is 30.2 Å². The van der Waals surface area contributed by atoms with Gasteiger partial charge in [0.2, 0.25) is 0 Å². The number of hydrogen-bond donors (Lipinski definition) is 2. The molecule has 0 aliphatic heterocycles. The van der Waals surface area contributed by atoms with E-state index < -0.39 is 0 Å². The summed E-state index contributed by atoms with van der Waals surface area (Å²) in [5, 5.41) is 12.4. The molecule has 0 aliphatic rings. The summed E-state index contributed by atoms with van der Waals surface area (Å²) in [6.45, 7) is 4.99. The number of aromatic nitrogens is 1. The van der Waals surface area contributed by atoms with E-state index in [-0.39, 0.29) is 6.61 Å². The number of aliphatic hydroxyl groups excluding tert-OH is 1. The molecule has 0 saturated carbocycles. The number of nitrogens with zero attached hydrogens (tertiary/aromatic N) is 1. The molecule has 2 N–H and O–H groups in total. The fourth-order valence-electron chi connectivity index (χ4n) is 2.02. The highest BCUT2D eigenvalue weighted by Gasteiger charge is 1.99. The van der Waals surface area contributed by atoms with Gasteiger partial charge in [-0.3, -0.25) is 0 Å². The van der Waals surface area contributed by atoms with E-state index in [4.69, 9.17) is 5.11 Å². The zero-order valence-electron chi connectivity index (χ0n) is 10.8. The van der Waals surface area contributed by atoms with Gasteiger partial charge in [-0.1, -0.05) is 24.3 Å². The van der Waals surface area contributed by atoms with Crippen LogP contribution in [0.15, 0.2) is 42.6 Å². The second-order valence-corrected chi connectivity index (χ2v) is 4.36. The van der Waals surface area contributed by atoms with Crippen molar-refractivity contribution in [3.05, 3.63) is 59.4 Å². The number of hydrogen-bond acceptors (Lipinski definition) is 2. The Morgan fingerprint density at radius 1 is 1.06 bits per heavy atom. The predicted octanol–water partition coefficient (Wildman–Crippen LogP) is 2.29. The monoisotopic (exact) mass is 244 g/mol. The number of rotatable bonds is 6. The van der Waals surface area contributed by atoms with Crippen molar-refractivity contribution in [3.63, 3.8) is 0 Å². The van der Waals surface area contributed by atoms with Gasteiger partial charge in [0.15, 0.2) is 0 Å². The predicted molar refractivity (Wildman–Crippen MR) is 73.0 cm³/mol. The second kappa shape index (κ2) is 6.38. The Balaban J connectivity index is 1.84. The van der Waals surface area contributed by atoms with Crippen LogP contribution >= 0.6 is 0 Å². The molecule has 0 bridgehead atoms. The van der Waals surface area contributed by atoms with E-state index in [1.807, 2.05) is 12.1 Å². The summed E-state index contributed by atoms with van der Waals surface area (Å²) < 4.78 is 2.24. The summed E-state index contributed by atoms with van der Waals surface area (Å²) in [5.41, 5.74) is 3.50.